The Morgan fingerprint density at radius 1 is 1.42 bits per heavy atom. The molecular weight excluding hydrogens is 246 g/mol. The van der Waals surface area contributed by atoms with Crippen molar-refractivity contribution < 1.29 is 14.7 Å². The van der Waals surface area contributed by atoms with Gasteiger partial charge in [-0.1, -0.05) is 18.0 Å². The molecule has 0 aromatic heterocycles. The van der Waals surface area contributed by atoms with Gasteiger partial charge in [0.15, 0.2) is 5.84 Å². The van der Waals surface area contributed by atoms with E-state index in [9.17, 15) is 4.79 Å². The average molecular weight is 269 g/mol. The zero-order valence-electron chi connectivity index (χ0n) is 11.2. The standard InChI is InChI=1S/C13H23N3O3/c14-11(16-18)13(5-1-2-6-13)12(17)15-7-8-19-9-10-3-4-10/h10,18H,1-9H2,(H2,14,16)(H,15,17). The SMILES string of the molecule is NC(=NO)C1(C(=O)NCCOCC2CC2)CCCC1. The van der Waals surface area contributed by atoms with E-state index in [2.05, 4.69) is 10.5 Å². The van der Waals surface area contributed by atoms with Gasteiger partial charge in [0.2, 0.25) is 5.91 Å². The molecule has 0 unspecified atom stereocenters. The number of amides is 1. The molecule has 1 amide bonds. The lowest BCUT2D eigenvalue weighted by Crippen LogP contribution is -2.48. The first-order valence-corrected chi connectivity index (χ1v) is 7.03. The topological polar surface area (TPSA) is 96.9 Å². The van der Waals surface area contributed by atoms with Gasteiger partial charge in [-0.05, 0) is 31.6 Å². The Labute approximate surface area is 113 Å². The molecule has 6 heteroatoms. The van der Waals surface area contributed by atoms with Crippen LogP contribution in [0.25, 0.3) is 0 Å². The highest BCUT2D eigenvalue weighted by atomic mass is 16.5. The molecule has 0 radical (unpaired) electrons. The Balaban J connectivity index is 1.75. The van der Waals surface area contributed by atoms with Gasteiger partial charge in [-0.2, -0.15) is 0 Å². The van der Waals surface area contributed by atoms with Crippen LogP contribution < -0.4 is 11.1 Å². The highest BCUT2D eigenvalue weighted by molar-refractivity contribution is 6.07. The van der Waals surface area contributed by atoms with Crippen LogP contribution in [0.15, 0.2) is 5.16 Å². The van der Waals surface area contributed by atoms with E-state index >= 15 is 0 Å². The normalized spacial score (nSPS) is 22.4. The first-order chi connectivity index (χ1) is 9.19. The number of nitrogens with one attached hydrogen (secondary N) is 1. The number of nitrogens with zero attached hydrogens (tertiary/aromatic N) is 1. The van der Waals surface area contributed by atoms with Gasteiger partial charge >= 0.3 is 0 Å². The van der Waals surface area contributed by atoms with Crippen molar-refractivity contribution in [2.75, 3.05) is 19.8 Å². The van der Waals surface area contributed by atoms with Crippen molar-refractivity contribution in [2.45, 2.75) is 38.5 Å². The highest BCUT2D eigenvalue weighted by Crippen LogP contribution is 2.38. The number of rotatable bonds is 7. The zero-order chi connectivity index (χ0) is 13.7. The molecule has 0 aromatic carbocycles. The summed E-state index contributed by atoms with van der Waals surface area (Å²) in [6.45, 7) is 1.79. The third-order valence-electron chi connectivity index (χ3n) is 4.07. The molecule has 6 nitrogen and oxygen atoms in total. The second kappa shape index (κ2) is 6.23. The van der Waals surface area contributed by atoms with Crippen LogP contribution in [0, 0.1) is 11.3 Å². The molecule has 0 heterocycles. The maximum atomic E-state index is 12.2. The molecule has 2 aliphatic carbocycles. The van der Waals surface area contributed by atoms with E-state index in [4.69, 9.17) is 15.7 Å². The van der Waals surface area contributed by atoms with Gasteiger partial charge in [-0.25, -0.2) is 0 Å². The van der Waals surface area contributed by atoms with E-state index < -0.39 is 5.41 Å². The zero-order valence-corrected chi connectivity index (χ0v) is 11.2. The minimum absolute atomic E-state index is 0.0291. The van der Waals surface area contributed by atoms with Crippen LogP contribution in [0.3, 0.4) is 0 Å². The van der Waals surface area contributed by atoms with Crippen molar-refractivity contribution in [3.8, 4) is 0 Å². The van der Waals surface area contributed by atoms with Gasteiger partial charge < -0.3 is 21.0 Å². The van der Waals surface area contributed by atoms with E-state index in [1.165, 1.54) is 12.8 Å². The summed E-state index contributed by atoms with van der Waals surface area (Å²) in [5, 5.41) is 14.7. The maximum Gasteiger partial charge on any atom is 0.234 e. The molecule has 2 aliphatic rings. The molecular formula is C13H23N3O3. The molecule has 0 bridgehead atoms. The van der Waals surface area contributed by atoms with E-state index in [-0.39, 0.29) is 11.7 Å². The van der Waals surface area contributed by atoms with Crippen molar-refractivity contribution in [1.82, 2.24) is 5.32 Å². The molecule has 2 fully saturated rings. The first kappa shape index (κ1) is 14.1. The third-order valence-corrected chi connectivity index (χ3v) is 4.07. The van der Waals surface area contributed by atoms with E-state index in [1.807, 2.05) is 0 Å². The predicted molar refractivity (Wildman–Crippen MR) is 70.9 cm³/mol. The van der Waals surface area contributed by atoms with Gasteiger partial charge in [-0.3, -0.25) is 4.79 Å². The summed E-state index contributed by atoms with van der Waals surface area (Å²) in [6.07, 6.45) is 5.69. The molecule has 0 saturated heterocycles. The Morgan fingerprint density at radius 3 is 2.68 bits per heavy atom. The predicted octanol–water partition coefficient (Wildman–Crippen LogP) is 0.836. The summed E-state index contributed by atoms with van der Waals surface area (Å²) in [5.41, 5.74) is 4.89. The van der Waals surface area contributed by atoms with Crippen LogP contribution >= 0.6 is 0 Å². The van der Waals surface area contributed by atoms with Crippen LogP contribution in [0.1, 0.15) is 38.5 Å². The summed E-state index contributed by atoms with van der Waals surface area (Å²) in [4.78, 5) is 12.2. The Kier molecular flexibility index (Phi) is 4.63. The molecule has 0 atom stereocenters. The van der Waals surface area contributed by atoms with Crippen molar-refractivity contribution in [1.29, 1.82) is 0 Å². The number of nitrogens with two attached hydrogens (primary N) is 1. The Hall–Kier alpha value is -1.30. The smallest absolute Gasteiger partial charge is 0.234 e. The largest absolute Gasteiger partial charge is 0.409 e. The van der Waals surface area contributed by atoms with Gasteiger partial charge in [0, 0.05) is 13.2 Å². The first-order valence-electron chi connectivity index (χ1n) is 7.03. The van der Waals surface area contributed by atoms with Gasteiger partial charge in [-0.15, -0.1) is 0 Å². The summed E-state index contributed by atoms with van der Waals surface area (Å²) < 4.78 is 5.46. The van der Waals surface area contributed by atoms with E-state index in [1.54, 1.807) is 0 Å². The second-order valence-corrected chi connectivity index (χ2v) is 5.55. The molecule has 0 aromatic rings. The molecule has 19 heavy (non-hydrogen) atoms. The summed E-state index contributed by atoms with van der Waals surface area (Å²) in [7, 11) is 0. The monoisotopic (exact) mass is 269 g/mol. The fourth-order valence-electron chi connectivity index (χ4n) is 2.61. The molecule has 108 valence electrons. The molecule has 4 N–H and O–H groups in total. The lowest BCUT2D eigenvalue weighted by molar-refractivity contribution is -0.127. The minimum Gasteiger partial charge on any atom is -0.409 e. The number of oxime groups is 1. The number of ether oxygens (including phenoxy) is 1. The molecule has 2 rings (SSSR count). The average Bonchev–Trinajstić information content (AvgIpc) is 3.11. The Morgan fingerprint density at radius 2 is 2.11 bits per heavy atom. The maximum absolute atomic E-state index is 12.2. The van der Waals surface area contributed by atoms with Gasteiger partial charge in [0.1, 0.15) is 5.41 Å². The van der Waals surface area contributed by atoms with Crippen molar-refractivity contribution >= 4 is 11.7 Å². The third kappa shape index (κ3) is 3.37. The minimum atomic E-state index is -0.814. The van der Waals surface area contributed by atoms with Gasteiger partial charge in [0.05, 0.1) is 6.61 Å². The molecule has 0 spiro atoms. The second-order valence-electron chi connectivity index (χ2n) is 5.55. The highest BCUT2D eigenvalue weighted by Gasteiger charge is 2.45. The quantitative estimate of drug-likeness (QED) is 0.210. The van der Waals surface area contributed by atoms with E-state index in [0.29, 0.717) is 26.0 Å². The van der Waals surface area contributed by atoms with Crippen LogP contribution in [0.2, 0.25) is 0 Å². The molecule has 2 saturated carbocycles. The van der Waals surface area contributed by atoms with Crippen LogP contribution in [0.4, 0.5) is 0 Å². The van der Waals surface area contributed by atoms with Crippen LogP contribution in [0.5, 0.6) is 0 Å². The number of carbonyl (C=O) groups is 1. The number of amidine groups is 1. The number of carbonyl (C=O) groups excluding carboxylic acids is 1. The fourth-order valence-corrected chi connectivity index (χ4v) is 2.61. The lowest BCUT2D eigenvalue weighted by atomic mass is 9.84. The lowest BCUT2D eigenvalue weighted by Gasteiger charge is -2.25. The number of hydrogen-bond donors (Lipinski definition) is 3. The van der Waals surface area contributed by atoms with Crippen molar-refractivity contribution in [3.05, 3.63) is 0 Å². The van der Waals surface area contributed by atoms with Crippen molar-refractivity contribution in [2.24, 2.45) is 22.2 Å². The van der Waals surface area contributed by atoms with Gasteiger partial charge in [0.25, 0.3) is 0 Å². The van der Waals surface area contributed by atoms with E-state index in [0.717, 1.165) is 25.4 Å². The fraction of sp³-hybridized carbons (Fsp3) is 0.846. The Bertz CT molecular complexity index is 347. The van der Waals surface area contributed by atoms with Crippen LogP contribution in [-0.4, -0.2) is 36.7 Å². The summed E-state index contributed by atoms with van der Waals surface area (Å²) in [6, 6.07) is 0. The van der Waals surface area contributed by atoms with Crippen molar-refractivity contribution in [3.63, 3.8) is 0 Å². The summed E-state index contributed by atoms with van der Waals surface area (Å²) >= 11 is 0. The molecule has 0 aliphatic heterocycles. The summed E-state index contributed by atoms with van der Waals surface area (Å²) in [5.74, 6) is 0.616. The number of hydrogen-bond acceptors (Lipinski definition) is 4. The van der Waals surface area contributed by atoms with Crippen LogP contribution in [-0.2, 0) is 9.53 Å².